The molecule has 8 heteroatoms. The smallest absolute Gasteiger partial charge is 0.335 e. The second-order valence-corrected chi connectivity index (χ2v) is 8.29. The van der Waals surface area contributed by atoms with Gasteiger partial charge >= 0.3 is 5.97 Å². The average molecular weight is 457 g/mol. The van der Waals surface area contributed by atoms with Crippen LogP contribution in [0.1, 0.15) is 22.3 Å². The Labute approximate surface area is 194 Å². The molecular weight excluding hydrogens is 437 g/mol. The summed E-state index contributed by atoms with van der Waals surface area (Å²) in [5.41, 5.74) is 4.30. The molecule has 7 nitrogen and oxygen atoms in total. The van der Waals surface area contributed by atoms with Crippen LogP contribution in [0, 0.1) is 5.82 Å². The number of aromatic nitrogens is 2. The first-order valence-corrected chi connectivity index (χ1v) is 11.1. The molecule has 0 aliphatic carbocycles. The maximum Gasteiger partial charge on any atom is 0.335 e. The van der Waals surface area contributed by atoms with Crippen LogP contribution in [-0.2, 0) is 6.42 Å². The molecule has 2 aliphatic rings. The van der Waals surface area contributed by atoms with Gasteiger partial charge in [0.25, 0.3) is 0 Å². The number of rotatable bonds is 3. The second-order valence-electron chi connectivity index (χ2n) is 8.29. The van der Waals surface area contributed by atoms with Crippen LogP contribution in [0.25, 0.3) is 22.3 Å². The predicted molar refractivity (Wildman–Crippen MR) is 125 cm³/mol. The molecule has 3 aromatic carbocycles. The summed E-state index contributed by atoms with van der Waals surface area (Å²) in [6.45, 7) is 1.59. The molecule has 0 amide bonds. The molecule has 4 aromatic rings. The van der Waals surface area contributed by atoms with E-state index in [-0.39, 0.29) is 11.4 Å². The van der Waals surface area contributed by atoms with Crippen LogP contribution in [0.15, 0.2) is 54.6 Å². The summed E-state index contributed by atoms with van der Waals surface area (Å²) in [5, 5.41) is 9.44. The van der Waals surface area contributed by atoms with Crippen LogP contribution in [0.4, 0.5) is 15.9 Å². The van der Waals surface area contributed by atoms with Crippen molar-refractivity contribution in [3.63, 3.8) is 0 Å². The van der Waals surface area contributed by atoms with E-state index in [9.17, 15) is 14.3 Å². The molecule has 0 atom stereocenters. The van der Waals surface area contributed by atoms with Crippen molar-refractivity contribution in [3.05, 3.63) is 71.5 Å². The van der Waals surface area contributed by atoms with Crippen LogP contribution >= 0.6 is 0 Å². The average Bonchev–Trinajstić information content (AvgIpc) is 2.87. The number of nitrogens with zero attached hydrogens (tertiary/aromatic N) is 3. The topological polar surface area (TPSA) is 84.8 Å². The SMILES string of the molecule is O=C(O)c1ccc2nc(-c3ccc4c(c3)OCCO4)c(N3CCCc4ccc(F)cc43)nc2c1. The zero-order valence-corrected chi connectivity index (χ0v) is 18.1. The first kappa shape index (κ1) is 20.4. The number of hydrogen-bond donors (Lipinski definition) is 1. The third-order valence-electron chi connectivity index (χ3n) is 6.13. The molecule has 3 heterocycles. The lowest BCUT2D eigenvalue weighted by Gasteiger charge is -2.32. The van der Waals surface area contributed by atoms with E-state index in [1.54, 1.807) is 12.1 Å². The van der Waals surface area contributed by atoms with Crippen molar-refractivity contribution >= 4 is 28.5 Å². The van der Waals surface area contributed by atoms with E-state index < -0.39 is 5.97 Å². The molecule has 0 saturated carbocycles. The van der Waals surface area contributed by atoms with E-state index >= 15 is 0 Å². The summed E-state index contributed by atoms with van der Waals surface area (Å²) in [6.07, 6.45) is 1.71. The number of hydrogen-bond acceptors (Lipinski definition) is 6. The van der Waals surface area contributed by atoms with E-state index in [2.05, 4.69) is 0 Å². The normalized spacial score (nSPS) is 14.7. The number of aromatic carboxylic acids is 1. The quantitative estimate of drug-likeness (QED) is 0.464. The van der Waals surface area contributed by atoms with Gasteiger partial charge < -0.3 is 19.5 Å². The van der Waals surface area contributed by atoms with Crippen molar-refractivity contribution in [2.75, 3.05) is 24.7 Å². The van der Waals surface area contributed by atoms with Gasteiger partial charge in [-0.3, -0.25) is 0 Å². The van der Waals surface area contributed by atoms with Crippen LogP contribution in [0.5, 0.6) is 11.5 Å². The molecule has 2 aliphatic heterocycles. The number of fused-ring (bicyclic) bond motifs is 3. The van der Waals surface area contributed by atoms with Crippen molar-refractivity contribution in [2.45, 2.75) is 12.8 Å². The summed E-state index contributed by atoms with van der Waals surface area (Å²) in [6, 6.07) is 15.1. The van der Waals surface area contributed by atoms with Crippen LogP contribution in [0.2, 0.25) is 0 Å². The molecule has 1 N–H and O–H groups in total. The minimum Gasteiger partial charge on any atom is -0.486 e. The highest BCUT2D eigenvalue weighted by molar-refractivity contribution is 5.94. The van der Waals surface area contributed by atoms with Crippen LogP contribution in [-0.4, -0.2) is 40.8 Å². The molecule has 0 unspecified atom stereocenters. The Balaban J connectivity index is 1.59. The molecular formula is C26H20FN3O4. The fourth-order valence-electron chi connectivity index (χ4n) is 4.52. The number of anilines is 2. The van der Waals surface area contributed by atoms with Crippen molar-refractivity contribution in [3.8, 4) is 22.8 Å². The van der Waals surface area contributed by atoms with E-state index in [4.69, 9.17) is 19.4 Å². The Hall–Kier alpha value is -4.20. The Morgan fingerprint density at radius 3 is 2.65 bits per heavy atom. The Bertz CT molecular complexity index is 1460. The molecule has 0 spiro atoms. The zero-order chi connectivity index (χ0) is 23.2. The summed E-state index contributed by atoms with van der Waals surface area (Å²) < 4.78 is 25.7. The predicted octanol–water partition coefficient (Wildman–Crippen LogP) is 4.99. The Morgan fingerprint density at radius 1 is 0.941 bits per heavy atom. The minimum absolute atomic E-state index is 0.130. The summed E-state index contributed by atoms with van der Waals surface area (Å²) in [7, 11) is 0. The molecule has 0 fully saturated rings. The Kier molecular flexibility index (Phi) is 4.79. The Morgan fingerprint density at radius 2 is 1.79 bits per heavy atom. The van der Waals surface area contributed by atoms with Gasteiger partial charge in [-0.2, -0.15) is 0 Å². The van der Waals surface area contributed by atoms with Crippen molar-refractivity contribution < 1.29 is 23.8 Å². The van der Waals surface area contributed by atoms with E-state index in [0.717, 1.165) is 29.7 Å². The fraction of sp³-hybridized carbons (Fsp3) is 0.192. The highest BCUT2D eigenvalue weighted by Crippen LogP contribution is 2.41. The fourth-order valence-corrected chi connectivity index (χ4v) is 4.52. The van der Waals surface area contributed by atoms with Gasteiger partial charge in [0.15, 0.2) is 17.3 Å². The number of ether oxygens (including phenoxy) is 2. The van der Waals surface area contributed by atoms with Crippen molar-refractivity contribution in [1.82, 2.24) is 9.97 Å². The molecule has 0 bridgehead atoms. The van der Waals surface area contributed by atoms with Crippen LogP contribution < -0.4 is 14.4 Å². The second kappa shape index (κ2) is 7.98. The summed E-state index contributed by atoms with van der Waals surface area (Å²) in [4.78, 5) is 23.2. The van der Waals surface area contributed by atoms with Crippen molar-refractivity contribution in [1.29, 1.82) is 0 Å². The first-order valence-electron chi connectivity index (χ1n) is 11.1. The molecule has 0 saturated heterocycles. The number of carbonyl (C=O) groups is 1. The van der Waals surface area contributed by atoms with E-state index in [0.29, 0.717) is 53.8 Å². The van der Waals surface area contributed by atoms with Gasteiger partial charge in [-0.05, 0) is 66.9 Å². The van der Waals surface area contributed by atoms with Crippen LogP contribution in [0.3, 0.4) is 0 Å². The summed E-state index contributed by atoms with van der Waals surface area (Å²) in [5.74, 6) is 0.475. The highest BCUT2D eigenvalue weighted by Gasteiger charge is 2.25. The summed E-state index contributed by atoms with van der Waals surface area (Å²) >= 11 is 0. The molecule has 170 valence electrons. The minimum atomic E-state index is -1.04. The van der Waals surface area contributed by atoms with Gasteiger partial charge in [-0.1, -0.05) is 6.07 Å². The first-order chi connectivity index (χ1) is 16.6. The molecule has 0 radical (unpaired) electrons. The third-order valence-corrected chi connectivity index (χ3v) is 6.13. The van der Waals surface area contributed by atoms with Gasteiger partial charge in [0.05, 0.1) is 16.6 Å². The number of benzene rings is 3. The largest absolute Gasteiger partial charge is 0.486 e. The monoisotopic (exact) mass is 457 g/mol. The van der Waals surface area contributed by atoms with Gasteiger partial charge in [-0.15, -0.1) is 0 Å². The lowest BCUT2D eigenvalue weighted by molar-refractivity contribution is 0.0697. The lowest BCUT2D eigenvalue weighted by atomic mass is 10.0. The van der Waals surface area contributed by atoms with E-state index in [1.165, 1.54) is 24.3 Å². The highest BCUT2D eigenvalue weighted by atomic mass is 19.1. The molecule has 6 rings (SSSR count). The maximum atomic E-state index is 14.2. The standard InChI is InChI=1S/C26H20FN3O4/c27-18-6-3-15-2-1-9-30(21(15)14-18)25-24(16-5-8-22-23(13-16)34-11-10-33-22)28-19-7-4-17(26(31)32)12-20(19)29-25/h3-8,12-14H,1-2,9-11H2,(H,31,32). The van der Waals surface area contributed by atoms with Crippen molar-refractivity contribution in [2.24, 2.45) is 0 Å². The lowest BCUT2D eigenvalue weighted by Crippen LogP contribution is -2.26. The molecule has 1 aromatic heterocycles. The maximum absolute atomic E-state index is 14.2. The van der Waals surface area contributed by atoms with Gasteiger partial charge in [-0.25, -0.2) is 19.2 Å². The number of aryl methyl sites for hydroxylation is 1. The van der Waals surface area contributed by atoms with Gasteiger partial charge in [0.1, 0.15) is 24.7 Å². The zero-order valence-electron chi connectivity index (χ0n) is 18.1. The van der Waals surface area contributed by atoms with Gasteiger partial charge in [0, 0.05) is 17.8 Å². The number of halogens is 1. The van der Waals surface area contributed by atoms with Gasteiger partial charge in [0.2, 0.25) is 0 Å². The number of carboxylic acid groups (broad SMARTS) is 1. The molecule has 34 heavy (non-hydrogen) atoms. The third kappa shape index (κ3) is 3.48. The number of carboxylic acids is 1. The van der Waals surface area contributed by atoms with E-state index in [1.807, 2.05) is 23.1 Å².